The summed E-state index contributed by atoms with van der Waals surface area (Å²) >= 11 is 0. The van der Waals surface area contributed by atoms with Gasteiger partial charge in [0.15, 0.2) is 5.78 Å². The van der Waals surface area contributed by atoms with Crippen molar-refractivity contribution in [2.75, 3.05) is 22.9 Å². The molecule has 1 N–H and O–H groups in total. The van der Waals surface area contributed by atoms with Gasteiger partial charge < -0.3 is 18.9 Å². The van der Waals surface area contributed by atoms with Gasteiger partial charge in [-0.25, -0.2) is 16.8 Å². The normalized spacial score (nSPS) is 13.5. The maximum atomic E-state index is 12.5. The summed E-state index contributed by atoms with van der Waals surface area (Å²) in [5.41, 5.74) is 4.30. The number of carbonyl (C=O) groups excluding carboxylic acids is 1. The second kappa shape index (κ2) is 15.4. The van der Waals surface area contributed by atoms with Crippen LogP contribution < -0.4 is 9.80 Å². The van der Waals surface area contributed by atoms with Crippen molar-refractivity contribution in [3.05, 3.63) is 148 Å². The van der Waals surface area contributed by atoms with Crippen LogP contribution in [-0.2, 0) is 48.2 Å². The lowest BCUT2D eigenvalue weighted by atomic mass is 9.90. The topological polar surface area (TPSA) is 192 Å². The number of rotatable bonds is 13. The van der Waals surface area contributed by atoms with E-state index in [9.17, 15) is 43.7 Å². The van der Waals surface area contributed by atoms with E-state index < -0.39 is 41.0 Å². The van der Waals surface area contributed by atoms with Gasteiger partial charge in [0, 0.05) is 49.2 Å². The molecule has 12 nitrogen and oxygen atoms in total. The Morgan fingerprint density at radius 2 is 1.06 bits per heavy atom. The third-order valence-electron chi connectivity index (χ3n) is 8.43. The number of hydrogen-bond acceptors (Lipinski definition) is 11. The van der Waals surface area contributed by atoms with Crippen molar-refractivity contribution in [1.29, 1.82) is 0 Å². The molecular formula is C37H34N2O10S3-2. The molecule has 0 heterocycles. The molecule has 0 amide bonds. The fraction of sp³-hybridized carbons (Fsp3) is 0.162. The van der Waals surface area contributed by atoms with Crippen molar-refractivity contribution in [2.45, 2.75) is 36.7 Å². The van der Waals surface area contributed by atoms with E-state index in [1.54, 1.807) is 60.7 Å². The highest BCUT2D eigenvalue weighted by Gasteiger charge is 2.26. The zero-order valence-corrected chi connectivity index (χ0v) is 30.5. The van der Waals surface area contributed by atoms with Gasteiger partial charge in [0.25, 0.3) is 10.1 Å². The highest BCUT2D eigenvalue weighted by atomic mass is 32.2. The first-order valence-corrected chi connectivity index (χ1v) is 20.2. The number of carbonyl (C=O) groups is 1. The molecule has 1 aliphatic carbocycles. The molecule has 5 rings (SSSR count). The number of allylic oxidation sites excluding steroid dienone is 4. The van der Waals surface area contributed by atoms with Crippen molar-refractivity contribution >= 4 is 53.1 Å². The summed E-state index contributed by atoms with van der Waals surface area (Å²) < 4.78 is 105. The zero-order chi connectivity index (χ0) is 37.8. The van der Waals surface area contributed by atoms with Crippen LogP contribution >= 0.6 is 0 Å². The van der Waals surface area contributed by atoms with Crippen LogP contribution in [0.3, 0.4) is 0 Å². The van der Waals surface area contributed by atoms with Crippen molar-refractivity contribution in [1.82, 2.24) is 0 Å². The van der Waals surface area contributed by atoms with E-state index in [1.165, 1.54) is 48.6 Å². The molecule has 1 aliphatic rings. The lowest BCUT2D eigenvalue weighted by Gasteiger charge is -2.25. The van der Waals surface area contributed by atoms with Gasteiger partial charge in [-0.3, -0.25) is 9.35 Å². The standard InChI is InChI=1S/C37H36N2O10S3/c1-3-38(24-26-7-5-9-33(21-26)50(41,42)43)30-15-11-28(12-16-30)37(35-20-19-32(40)23-36(35)52(47,48)49)29-13-17-31(18-14-29)39(4-2)25-27-8-6-10-34(22-27)51(44,45)46/h5-23H,3-4,24-25H2,1-2H3,(H,41,42,43)(H,44,45,46)(H,47,48,49)/p-2. The Hall–Kier alpha value is -4.90. The van der Waals surface area contributed by atoms with E-state index in [4.69, 9.17) is 0 Å². The van der Waals surface area contributed by atoms with E-state index >= 15 is 0 Å². The number of hydrogen-bond donors (Lipinski definition) is 1. The van der Waals surface area contributed by atoms with E-state index in [2.05, 4.69) is 0 Å². The van der Waals surface area contributed by atoms with Crippen molar-refractivity contribution in [3.8, 4) is 0 Å². The van der Waals surface area contributed by atoms with Crippen LogP contribution in [0.4, 0.5) is 11.4 Å². The van der Waals surface area contributed by atoms with Crippen LogP contribution in [0.1, 0.15) is 36.1 Å². The Morgan fingerprint density at radius 1 is 0.635 bits per heavy atom. The van der Waals surface area contributed by atoms with Gasteiger partial charge in [-0.15, -0.1) is 0 Å². The third-order valence-corrected chi connectivity index (χ3v) is 11.0. The van der Waals surface area contributed by atoms with E-state index in [0.29, 0.717) is 54.0 Å². The van der Waals surface area contributed by atoms with Gasteiger partial charge in [0.2, 0.25) is 0 Å². The van der Waals surface area contributed by atoms with Crippen molar-refractivity contribution < 1.29 is 43.7 Å². The predicted molar refractivity (Wildman–Crippen MR) is 195 cm³/mol. The van der Waals surface area contributed by atoms with E-state index in [-0.39, 0.29) is 15.4 Å². The first-order valence-electron chi connectivity index (χ1n) is 15.9. The molecule has 0 aliphatic heterocycles. The summed E-state index contributed by atoms with van der Waals surface area (Å²) in [6, 6.07) is 25.8. The fourth-order valence-electron chi connectivity index (χ4n) is 5.89. The molecule has 4 aromatic carbocycles. The number of ketones is 1. The summed E-state index contributed by atoms with van der Waals surface area (Å²) in [7, 11) is -14.1. The molecule has 0 radical (unpaired) electrons. The van der Waals surface area contributed by atoms with Crippen LogP contribution in [0, 0.1) is 0 Å². The lowest BCUT2D eigenvalue weighted by molar-refractivity contribution is -0.110. The molecular weight excluding hydrogens is 729 g/mol. The van der Waals surface area contributed by atoms with Gasteiger partial charge in [-0.2, -0.15) is 8.42 Å². The Morgan fingerprint density at radius 3 is 1.42 bits per heavy atom. The molecule has 0 saturated carbocycles. The van der Waals surface area contributed by atoms with Crippen molar-refractivity contribution in [3.63, 3.8) is 0 Å². The monoisotopic (exact) mass is 762 g/mol. The molecule has 0 saturated heterocycles. The second-order valence-electron chi connectivity index (χ2n) is 11.8. The Kier molecular flexibility index (Phi) is 11.3. The molecule has 272 valence electrons. The minimum atomic E-state index is -4.83. The van der Waals surface area contributed by atoms with Gasteiger partial charge >= 0.3 is 0 Å². The summed E-state index contributed by atoms with van der Waals surface area (Å²) in [4.78, 5) is 14.9. The van der Waals surface area contributed by atoms with Crippen LogP contribution in [0.5, 0.6) is 0 Å². The Bertz CT molecular complexity index is 2290. The summed E-state index contributed by atoms with van der Waals surface area (Å²) in [6.45, 7) is 5.45. The second-order valence-corrected chi connectivity index (χ2v) is 16.0. The minimum Gasteiger partial charge on any atom is -0.744 e. The lowest BCUT2D eigenvalue weighted by Crippen LogP contribution is -2.22. The molecule has 4 aromatic rings. The smallest absolute Gasteiger partial charge is 0.295 e. The average molecular weight is 763 g/mol. The fourth-order valence-corrected chi connectivity index (χ4v) is 7.68. The SMILES string of the molecule is CCN(Cc1cccc(S(=O)(=O)[O-])c1)c1ccc(C(=C2C=CC(=O)C=C2S(=O)(=O)O)c2ccc(N(CC)Cc3cccc(S(=O)(=O)[O-])c3)cc2)cc1. The minimum absolute atomic E-state index is 0.0913. The molecule has 0 unspecified atom stereocenters. The van der Waals surface area contributed by atoms with Gasteiger partial charge in [0.05, 0.1) is 9.79 Å². The number of benzene rings is 4. The third kappa shape index (κ3) is 9.11. The highest BCUT2D eigenvalue weighted by molar-refractivity contribution is 7.90. The largest absolute Gasteiger partial charge is 0.744 e. The van der Waals surface area contributed by atoms with E-state index in [1.807, 2.05) is 23.6 Å². The van der Waals surface area contributed by atoms with Gasteiger partial charge in [0.1, 0.15) is 25.1 Å². The predicted octanol–water partition coefficient (Wildman–Crippen LogP) is 5.26. The highest BCUT2D eigenvalue weighted by Crippen LogP contribution is 2.36. The molecule has 0 aromatic heterocycles. The number of anilines is 2. The first-order chi connectivity index (χ1) is 24.5. The average Bonchev–Trinajstić information content (AvgIpc) is 3.10. The molecule has 0 bridgehead atoms. The van der Waals surface area contributed by atoms with Crippen molar-refractivity contribution in [2.24, 2.45) is 0 Å². The Balaban J connectivity index is 1.53. The summed E-state index contributed by atoms with van der Waals surface area (Å²) in [5.74, 6) is -0.610. The number of nitrogens with zero attached hydrogens (tertiary/aromatic N) is 2. The first kappa shape index (κ1) is 38.3. The molecule has 52 heavy (non-hydrogen) atoms. The summed E-state index contributed by atoms with van der Waals surface area (Å²) in [6.07, 6.45) is 3.40. The maximum Gasteiger partial charge on any atom is 0.295 e. The van der Waals surface area contributed by atoms with Crippen LogP contribution in [0.2, 0.25) is 0 Å². The molecule has 0 fully saturated rings. The Labute approximate surface area is 303 Å². The van der Waals surface area contributed by atoms with Crippen LogP contribution in [0.25, 0.3) is 5.57 Å². The van der Waals surface area contributed by atoms with E-state index in [0.717, 1.165) is 17.5 Å². The molecule has 0 spiro atoms. The van der Waals surface area contributed by atoms with Crippen LogP contribution in [0.15, 0.2) is 136 Å². The van der Waals surface area contributed by atoms with Gasteiger partial charge in [-0.1, -0.05) is 48.5 Å². The maximum absolute atomic E-state index is 12.5. The van der Waals surface area contributed by atoms with Crippen LogP contribution in [-0.4, -0.2) is 57.8 Å². The summed E-state index contributed by atoms with van der Waals surface area (Å²) in [5, 5.41) is 0. The quantitative estimate of drug-likeness (QED) is 0.174. The molecule has 0 atom stereocenters. The van der Waals surface area contributed by atoms with Gasteiger partial charge in [-0.05, 0) is 102 Å². The molecule has 15 heteroatoms. The zero-order valence-electron chi connectivity index (χ0n) is 28.0.